The van der Waals surface area contributed by atoms with Crippen molar-refractivity contribution in [2.24, 2.45) is 0 Å². The summed E-state index contributed by atoms with van der Waals surface area (Å²) in [6, 6.07) is 19.3. The molecule has 2 aromatic carbocycles. The van der Waals surface area contributed by atoms with Crippen molar-refractivity contribution in [1.82, 2.24) is 14.7 Å². The van der Waals surface area contributed by atoms with E-state index in [1.54, 1.807) is 0 Å². The molecule has 6 heteroatoms. The molecule has 0 spiro atoms. The zero-order chi connectivity index (χ0) is 20.7. The minimum atomic E-state index is -0.161. The van der Waals surface area contributed by atoms with E-state index in [9.17, 15) is 4.79 Å². The van der Waals surface area contributed by atoms with Crippen molar-refractivity contribution in [3.05, 3.63) is 83.5 Å². The molecule has 30 heavy (non-hydrogen) atoms. The molecular formula is C24H22N4O2. The lowest BCUT2D eigenvalue weighted by Crippen LogP contribution is -2.12. The van der Waals surface area contributed by atoms with Crippen LogP contribution >= 0.6 is 0 Å². The molecule has 0 unspecified atom stereocenters. The number of nitrogens with zero attached hydrogens (tertiary/aromatic N) is 3. The maximum atomic E-state index is 12.7. The van der Waals surface area contributed by atoms with Gasteiger partial charge in [-0.2, -0.15) is 4.98 Å². The summed E-state index contributed by atoms with van der Waals surface area (Å²) in [6.07, 6.45) is 2.22. The van der Waals surface area contributed by atoms with Crippen LogP contribution in [0.15, 0.2) is 65.2 Å². The molecular weight excluding hydrogens is 376 g/mol. The topological polar surface area (TPSA) is 73.0 Å². The molecule has 0 aliphatic heterocycles. The number of nitrogens with one attached hydrogen (secondary N) is 1. The Morgan fingerprint density at radius 3 is 2.47 bits per heavy atom. The van der Waals surface area contributed by atoms with Gasteiger partial charge in [0, 0.05) is 39.8 Å². The van der Waals surface area contributed by atoms with Crippen LogP contribution in [0.3, 0.4) is 0 Å². The van der Waals surface area contributed by atoms with Crippen LogP contribution in [0.2, 0.25) is 0 Å². The molecule has 6 nitrogen and oxygen atoms in total. The first-order chi connectivity index (χ1) is 14.6. The van der Waals surface area contributed by atoms with E-state index in [1.807, 2.05) is 48.5 Å². The highest BCUT2D eigenvalue weighted by atomic mass is 16.5. The van der Waals surface area contributed by atoms with Crippen molar-refractivity contribution >= 4 is 11.6 Å². The van der Waals surface area contributed by atoms with Gasteiger partial charge in [-0.15, -0.1) is 0 Å². The van der Waals surface area contributed by atoms with Gasteiger partial charge in [0.25, 0.3) is 5.91 Å². The maximum Gasteiger partial charge on any atom is 0.255 e. The van der Waals surface area contributed by atoms with Gasteiger partial charge in [0.2, 0.25) is 11.7 Å². The van der Waals surface area contributed by atoms with E-state index in [0.717, 1.165) is 35.5 Å². The average Bonchev–Trinajstić information content (AvgIpc) is 3.39. The van der Waals surface area contributed by atoms with Crippen molar-refractivity contribution in [3.8, 4) is 17.1 Å². The van der Waals surface area contributed by atoms with Crippen LogP contribution < -0.4 is 5.32 Å². The Bertz CT molecular complexity index is 1200. The van der Waals surface area contributed by atoms with E-state index in [1.165, 1.54) is 0 Å². The van der Waals surface area contributed by atoms with Gasteiger partial charge in [-0.05, 0) is 75.2 Å². The van der Waals surface area contributed by atoms with Gasteiger partial charge in [-0.3, -0.25) is 4.79 Å². The molecule has 0 bridgehead atoms. The molecule has 1 amide bonds. The van der Waals surface area contributed by atoms with E-state index >= 15 is 0 Å². The molecule has 0 atom stereocenters. The summed E-state index contributed by atoms with van der Waals surface area (Å²) in [5.41, 5.74) is 5.47. The van der Waals surface area contributed by atoms with Crippen molar-refractivity contribution in [2.45, 2.75) is 32.6 Å². The summed E-state index contributed by atoms with van der Waals surface area (Å²) in [4.78, 5) is 17.2. The molecule has 1 aliphatic carbocycles. The molecule has 0 radical (unpaired) electrons. The third-order valence-corrected chi connectivity index (χ3v) is 5.41. The predicted octanol–water partition coefficient (Wildman–Crippen LogP) is 5.27. The second-order valence-electron chi connectivity index (χ2n) is 7.76. The molecule has 2 aromatic heterocycles. The van der Waals surface area contributed by atoms with Crippen LogP contribution in [0.1, 0.15) is 46.4 Å². The van der Waals surface area contributed by atoms with E-state index < -0.39 is 0 Å². The molecule has 2 heterocycles. The summed E-state index contributed by atoms with van der Waals surface area (Å²) < 4.78 is 7.50. The highest BCUT2D eigenvalue weighted by molar-refractivity contribution is 6.04. The fourth-order valence-corrected chi connectivity index (χ4v) is 3.63. The van der Waals surface area contributed by atoms with E-state index in [0.29, 0.717) is 28.9 Å². The molecule has 1 N–H and O–H groups in total. The third kappa shape index (κ3) is 3.52. The largest absolute Gasteiger partial charge is 0.339 e. The van der Waals surface area contributed by atoms with Crippen LogP contribution in [0.4, 0.5) is 5.69 Å². The number of aryl methyl sites for hydroxylation is 2. The second-order valence-corrected chi connectivity index (χ2v) is 7.76. The summed E-state index contributed by atoms with van der Waals surface area (Å²) in [5.74, 6) is 1.50. The van der Waals surface area contributed by atoms with Gasteiger partial charge in [0.1, 0.15) is 0 Å². The van der Waals surface area contributed by atoms with Gasteiger partial charge < -0.3 is 14.4 Å². The average molecular weight is 398 g/mol. The third-order valence-electron chi connectivity index (χ3n) is 5.41. The first kappa shape index (κ1) is 18.4. The summed E-state index contributed by atoms with van der Waals surface area (Å²) in [6.45, 7) is 4.13. The van der Waals surface area contributed by atoms with E-state index in [2.05, 4.69) is 46.0 Å². The number of hydrogen-bond acceptors (Lipinski definition) is 4. The van der Waals surface area contributed by atoms with Crippen molar-refractivity contribution in [2.75, 3.05) is 5.32 Å². The molecule has 1 aliphatic rings. The van der Waals surface area contributed by atoms with Gasteiger partial charge in [0.15, 0.2) is 0 Å². The molecule has 4 aromatic rings. The van der Waals surface area contributed by atoms with Gasteiger partial charge in [0.05, 0.1) is 0 Å². The Hall–Kier alpha value is -3.67. The lowest BCUT2D eigenvalue weighted by atomic mass is 10.1. The smallest absolute Gasteiger partial charge is 0.255 e. The lowest BCUT2D eigenvalue weighted by Gasteiger charge is -2.11. The molecule has 5 rings (SSSR count). The number of aromatic nitrogens is 3. The first-order valence-corrected chi connectivity index (χ1v) is 10.1. The van der Waals surface area contributed by atoms with Crippen molar-refractivity contribution < 1.29 is 9.32 Å². The van der Waals surface area contributed by atoms with Gasteiger partial charge >= 0.3 is 0 Å². The Morgan fingerprint density at radius 2 is 1.77 bits per heavy atom. The Kier molecular flexibility index (Phi) is 4.47. The number of hydrogen-bond donors (Lipinski definition) is 1. The SMILES string of the molecule is Cc1ccc(C)n1-c1ccc(C(=O)Nc2cccc(-c3noc(C4CC4)n3)c2)cc1. The van der Waals surface area contributed by atoms with Crippen molar-refractivity contribution in [3.63, 3.8) is 0 Å². The molecule has 150 valence electrons. The first-order valence-electron chi connectivity index (χ1n) is 10.1. The van der Waals surface area contributed by atoms with Crippen LogP contribution in [-0.4, -0.2) is 20.6 Å². The summed E-state index contributed by atoms with van der Waals surface area (Å²) in [7, 11) is 0. The number of carbonyl (C=O) groups is 1. The monoisotopic (exact) mass is 398 g/mol. The fraction of sp³-hybridized carbons (Fsp3) is 0.208. The second kappa shape index (κ2) is 7.30. The normalized spacial score (nSPS) is 13.4. The summed E-state index contributed by atoms with van der Waals surface area (Å²) >= 11 is 0. The van der Waals surface area contributed by atoms with Crippen LogP contribution in [0.5, 0.6) is 0 Å². The number of anilines is 1. The Labute approximate surface area is 174 Å². The predicted molar refractivity (Wildman–Crippen MR) is 115 cm³/mol. The standard InChI is InChI=1S/C24H22N4O2/c1-15-6-7-16(2)28(15)21-12-10-17(11-13-21)23(29)25-20-5-3-4-19(14-20)22-26-24(30-27-22)18-8-9-18/h3-7,10-14,18H,8-9H2,1-2H3,(H,25,29). The van der Waals surface area contributed by atoms with Crippen LogP contribution in [-0.2, 0) is 0 Å². The summed E-state index contributed by atoms with van der Waals surface area (Å²) in [5, 5.41) is 7.03. The number of carbonyl (C=O) groups excluding carboxylic acids is 1. The highest BCUT2D eigenvalue weighted by Crippen LogP contribution is 2.39. The fourth-order valence-electron chi connectivity index (χ4n) is 3.63. The number of benzene rings is 2. The molecule has 0 saturated heterocycles. The van der Waals surface area contributed by atoms with E-state index in [-0.39, 0.29) is 5.91 Å². The quantitative estimate of drug-likeness (QED) is 0.497. The number of rotatable bonds is 5. The Morgan fingerprint density at radius 1 is 1.03 bits per heavy atom. The van der Waals surface area contributed by atoms with Gasteiger partial charge in [-0.1, -0.05) is 17.3 Å². The zero-order valence-electron chi connectivity index (χ0n) is 16.9. The Balaban J connectivity index is 1.32. The minimum absolute atomic E-state index is 0.161. The van der Waals surface area contributed by atoms with Crippen molar-refractivity contribution in [1.29, 1.82) is 0 Å². The van der Waals surface area contributed by atoms with Crippen LogP contribution in [0, 0.1) is 13.8 Å². The maximum absolute atomic E-state index is 12.7. The lowest BCUT2D eigenvalue weighted by molar-refractivity contribution is 0.102. The van der Waals surface area contributed by atoms with Crippen LogP contribution in [0.25, 0.3) is 17.1 Å². The van der Waals surface area contributed by atoms with Gasteiger partial charge in [-0.25, -0.2) is 0 Å². The van der Waals surface area contributed by atoms with E-state index in [4.69, 9.17) is 4.52 Å². The molecule has 1 fully saturated rings. The highest BCUT2D eigenvalue weighted by Gasteiger charge is 2.29. The number of amides is 1. The molecule has 1 saturated carbocycles. The minimum Gasteiger partial charge on any atom is -0.339 e. The zero-order valence-corrected chi connectivity index (χ0v) is 16.9.